The van der Waals surface area contributed by atoms with Crippen molar-refractivity contribution in [2.45, 2.75) is 32.9 Å². The Morgan fingerprint density at radius 1 is 1.32 bits per heavy atom. The molecular formula is C15H24N2O2. The molecule has 0 radical (unpaired) electrons. The van der Waals surface area contributed by atoms with E-state index in [4.69, 9.17) is 0 Å². The lowest BCUT2D eigenvalue weighted by molar-refractivity contribution is -0.121. The van der Waals surface area contributed by atoms with Crippen LogP contribution in [0.1, 0.15) is 25.8 Å². The van der Waals surface area contributed by atoms with Crippen molar-refractivity contribution < 1.29 is 9.90 Å². The minimum atomic E-state index is -0.477. The maximum absolute atomic E-state index is 11.4. The summed E-state index contributed by atoms with van der Waals surface area (Å²) >= 11 is 0. The third-order valence-corrected chi connectivity index (χ3v) is 2.62. The standard InChI is InChI=1S/C12H16N2O2.C3H8/c15-11-6-13-12(16)9-14(8-11)7-10-4-2-1-3-5-10;1-3-2/h1-5,11,15H,6-9H2,(H,13,16);3H2,1-2H3/t11-;/m1./s1. The molecule has 2 N–H and O–H groups in total. The minimum absolute atomic E-state index is 0.0209. The fourth-order valence-corrected chi connectivity index (χ4v) is 1.88. The van der Waals surface area contributed by atoms with Crippen molar-refractivity contribution in [2.24, 2.45) is 0 Å². The SMILES string of the molecule is CCC.O=C1CN(Cc2ccccc2)C[C@H](O)CN1. The second kappa shape index (κ2) is 8.67. The Morgan fingerprint density at radius 3 is 2.58 bits per heavy atom. The van der Waals surface area contributed by atoms with Gasteiger partial charge in [0.25, 0.3) is 0 Å². The van der Waals surface area contributed by atoms with Gasteiger partial charge in [-0.1, -0.05) is 50.6 Å². The third kappa shape index (κ3) is 6.36. The molecular weight excluding hydrogens is 240 g/mol. The Labute approximate surface area is 115 Å². The van der Waals surface area contributed by atoms with Crippen molar-refractivity contribution in [3.63, 3.8) is 0 Å². The summed E-state index contributed by atoms with van der Waals surface area (Å²) in [6.07, 6.45) is 0.773. The molecule has 0 aliphatic carbocycles. The Kier molecular flexibility index (Phi) is 7.15. The lowest BCUT2D eigenvalue weighted by Gasteiger charge is -2.20. The molecule has 4 heteroatoms. The van der Waals surface area contributed by atoms with Crippen molar-refractivity contribution >= 4 is 5.91 Å². The minimum Gasteiger partial charge on any atom is -0.390 e. The van der Waals surface area contributed by atoms with E-state index in [0.717, 1.165) is 5.56 Å². The molecule has 1 atom stereocenters. The van der Waals surface area contributed by atoms with Crippen LogP contribution < -0.4 is 5.32 Å². The number of aliphatic hydroxyl groups is 1. The lowest BCUT2D eigenvalue weighted by Crippen LogP contribution is -2.33. The van der Waals surface area contributed by atoms with Gasteiger partial charge in [0.05, 0.1) is 12.6 Å². The first-order valence-electron chi connectivity index (χ1n) is 6.86. The van der Waals surface area contributed by atoms with E-state index < -0.39 is 6.10 Å². The second-order valence-corrected chi connectivity index (χ2v) is 4.82. The van der Waals surface area contributed by atoms with Crippen LogP contribution in [0.25, 0.3) is 0 Å². The zero-order chi connectivity index (χ0) is 14.1. The highest BCUT2D eigenvalue weighted by atomic mass is 16.3. The van der Waals surface area contributed by atoms with E-state index >= 15 is 0 Å². The normalized spacial score (nSPS) is 19.9. The molecule has 4 nitrogen and oxygen atoms in total. The molecule has 0 spiro atoms. The first kappa shape index (κ1) is 15.7. The van der Waals surface area contributed by atoms with Crippen LogP contribution in [-0.4, -0.2) is 41.7 Å². The summed E-state index contributed by atoms with van der Waals surface area (Å²) in [4.78, 5) is 13.3. The van der Waals surface area contributed by atoms with Crippen LogP contribution in [0.3, 0.4) is 0 Å². The smallest absolute Gasteiger partial charge is 0.234 e. The summed E-state index contributed by atoms with van der Waals surface area (Å²) in [7, 11) is 0. The topological polar surface area (TPSA) is 52.6 Å². The van der Waals surface area contributed by atoms with E-state index in [1.807, 2.05) is 35.2 Å². The summed E-state index contributed by atoms with van der Waals surface area (Å²) in [5, 5.41) is 12.3. The Morgan fingerprint density at radius 2 is 1.95 bits per heavy atom. The van der Waals surface area contributed by atoms with E-state index in [1.165, 1.54) is 6.42 Å². The number of carbonyl (C=O) groups excluding carboxylic acids is 1. The summed E-state index contributed by atoms with van der Waals surface area (Å²) in [5.74, 6) is -0.0209. The van der Waals surface area contributed by atoms with Crippen LogP contribution in [0.5, 0.6) is 0 Å². The average Bonchev–Trinajstić information content (AvgIpc) is 2.53. The van der Waals surface area contributed by atoms with Crippen molar-refractivity contribution in [1.82, 2.24) is 10.2 Å². The molecule has 1 heterocycles. The van der Waals surface area contributed by atoms with Crippen molar-refractivity contribution in [3.8, 4) is 0 Å². The highest BCUT2D eigenvalue weighted by Crippen LogP contribution is 2.06. The zero-order valence-corrected chi connectivity index (χ0v) is 11.8. The molecule has 106 valence electrons. The fourth-order valence-electron chi connectivity index (χ4n) is 1.88. The van der Waals surface area contributed by atoms with Gasteiger partial charge in [0.1, 0.15) is 0 Å². The Balaban J connectivity index is 0.000000550. The first-order chi connectivity index (χ1) is 9.15. The number of hydrogen-bond acceptors (Lipinski definition) is 3. The molecule has 1 aliphatic heterocycles. The number of rotatable bonds is 2. The third-order valence-electron chi connectivity index (χ3n) is 2.62. The van der Waals surface area contributed by atoms with Gasteiger partial charge in [0.15, 0.2) is 0 Å². The molecule has 0 saturated carbocycles. The molecule has 2 rings (SSSR count). The van der Waals surface area contributed by atoms with Crippen LogP contribution in [0.15, 0.2) is 30.3 Å². The zero-order valence-electron chi connectivity index (χ0n) is 11.8. The first-order valence-corrected chi connectivity index (χ1v) is 6.86. The van der Waals surface area contributed by atoms with Crippen LogP contribution in [0.2, 0.25) is 0 Å². The van der Waals surface area contributed by atoms with Gasteiger partial charge in [-0.3, -0.25) is 9.69 Å². The van der Waals surface area contributed by atoms with Gasteiger partial charge in [-0.2, -0.15) is 0 Å². The van der Waals surface area contributed by atoms with E-state index in [-0.39, 0.29) is 5.91 Å². The number of nitrogens with zero attached hydrogens (tertiary/aromatic N) is 1. The maximum atomic E-state index is 11.4. The van der Waals surface area contributed by atoms with Crippen LogP contribution in [0.4, 0.5) is 0 Å². The van der Waals surface area contributed by atoms with E-state index in [2.05, 4.69) is 19.2 Å². The molecule has 1 aromatic carbocycles. The molecule has 1 amide bonds. The van der Waals surface area contributed by atoms with E-state index in [9.17, 15) is 9.90 Å². The van der Waals surface area contributed by atoms with Gasteiger partial charge < -0.3 is 10.4 Å². The van der Waals surface area contributed by atoms with E-state index in [1.54, 1.807) is 0 Å². The van der Waals surface area contributed by atoms with Gasteiger partial charge in [0, 0.05) is 19.6 Å². The van der Waals surface area contributed by atoms with Crippen LogP contribution in [-0.2, 0) is 11.3 Å². The van der Waals surface area contributed by atoms with Gasteiger partial charge in [0.2, 0.25) is 5.91 Å². The molecule has 1 aromatic rings. The maximum Gasteiger partial charge on any atom is 0.234 e. The highest BCUT2D eigenvalue weighted by Gasteiger charge is 2.19. The predicted molar refractivity (Wildman–Crippen MR) is 76.7 cm³/mol. The molecule has 19 heavy (non-hydrogen) atoms. The number of carbonyl (C=O) groups is 1. The average molecular weight is 264 g/mol. The second-order valence-electron chi connectivity index (χ2n) is 4.82. The molecule has 1 saturated heterocycles. The lowest BCUT2D eigenvalue weighted by atomic mass is 10.2. The highest BCUT2D eigenvalue weighted by molar-refractivity contribution is 5.78. The largest absolute Gasteiger partial charge is 0.390 e. The van der Waals surface area contributed by atoms with Crippen molar-refractivity contribution in [3.05, 3.63) is 35.9 Å². The fraction of sp³-hybridized carbons (Fsp3) is 0.533. The number of aliphatic hydroxyl groups excluding tert-OH is 1. The van der Waals surface area contributed by atoms with Crippen molar-refractivity contribution in [1.29, 1.82) is 0 Å². The van der Waals surface area contributed by atoms with Gasteiger partial charge >= 0.3 is 0 Å². The number of amides is 1. The van der Waals surface area contributed by atoms with Crippen LogP contribution in [0, 0.1) is 0 Å². The molecule has 0 unspecified atom stereocenters. The van der Waals surface area contributed by atoms with E-state index in [0.29, 0.717) is 26.2 Å². The number of benzene rings is 1. The summed E-state index contributed by atoms with van der Waals surface area (Å²) < 4.78 is 0. The van der Waals surface area contributed by atoms with Gasteiger partial charge in [-0.05, 0) is 5.56 Å². The van der Waals surface area contributed by atoms with Gasteiger partial charge in [-0.25, -0.2) is 0 Å². The predicted octanol–water partition coefficient (Wildman–Crippen LogP) is 1.40. The molecule has 1 fully saturated rings. The molecule has 1 aliphatic rings. The number of nitrogens with one attached hydrogen (secondary N) is 1. The summed E-state index contributed by atoms with van der Waals surface area (Å²) in [6, 6.07) is 9.96. The molecule has 0 aromatic heterocycles. The summed E-state index contributed by atoms with van der Waals surface area (Å²) in [5.41, 5.74) is 1.16. The molecule has 0 bridgehead atoms. The van der Waals surface area contributed by atoms with Crippen LogP contribution >= 0.6 is 0 Å². The summed E-state index contributed by atoms with van der Waals surface area (Å²) in [6.45, 7) is 6.19. The Bertz CT molecular complexity index is 368. The number of β-amino-alcohol motifs (C(OH)–C–C–N with tert-alkyl or cyclic N) is 1. The number of hydrogen-bond donors (Lipinski definition) is 2. The monoisotopic (exact) mass is 264 g/mol. The Hall–Kier alpha value is -1.39. The van der Waals surface area contributed by atoms with Gasteiger partial charge in [-0.15, -0.1) is 0 Å². The van der Waals surface area contributed by atoms with Crippen molar-refractivity contribution in [2.75, 3.05) is 19.6 Å². The quantitative estimate of drug-likeness (QED) is 0.849.